The van der Waals surface area contributed by atoms with Crippen molar-refractivity contribution in [3.05, 3.63) is 48.5 Å². The molecule has 0 aliphatic heterocycles. The lowest BCUT2D eigenvalue weighted by Crippen LogP contribution is -2.13. The van der Waals surface area contributed by atoms with Crippen molar-refractivity contribution in [2.24, 2.45) is 0 Å². The molecule has 0 aliphatic rings. The molecule has 0 radical (unpaired) electrons. The van der Waals surface area contributed by atoms with Gasteiger partial charge in [0.25, 0.3) is 5.91 Å². The number of hydrogen-bond donors (Lipinski definition) is 1. The summed E-state index contributed by atoms with van der Waals surface area (Å²) in [5, 5.41) is 10.8. The van der Waals surface area contributed by atoms with Gasteiger partial charge in [-0.15, -0.1) is 16.9 Å². The summed E-state index contributed by atoms with van der Waals surface area (Å²) in [7, 11) is 0. The van der Waals surface area contributed by atoms with Gasteiger partial charge >= 0.3 is 6.01 Å². The molecule has 0 unspecified atom stereocenters. The summed E-state index contributed by atoms with van der Waals surface area (Å²) in [6, 6.07) is 7.84. The van der Waals surface area contributed by atoms with Crippen LogP contribution in [0.3, 0.4) is 0 Å². The molecule has 2 aromatic heterocycles. The van der Waals surface area contributed by atoms with Crippen LogP contribution in [0, 0.1) is 0 Å². The minimum absolute atomic E-state index is 0.0163. The second-order valence-electron chi connectivity index (χ2n) is 5.15. The molecule has 1 N–H and O–H groups in total. The van der Waals surface area contributed by atoms with E-state index in [2.05, 4.69) is 39.3 Å². The van der Waals surface area contributed by atoms with Crippen molar-refractivity contribution in [1.82, 2.24) is 20.2 Å². The molecule has 1 amide bonds. The molecular weight excluding hydrogens is 326 g/mol. The molecule has 0 saturated carbocycles. The molecule has 0 aliphatic carbocycles. The Kier molecular flexibility index (Phi) is 4.85. The van der Waals surface area contributed by atoms with E-state index >= 15 is 0 Å². The number of hydrogen-bond acceptors (Lipinski definition) is 7. The van der Waals surface area contributed by atoms with Crippen molar-refractivity contribution in [2.45, 2.75) is 24.0 Å². The summed E-state index contributed by atoms with van der Waals surface area (Å²) < 4.78 is 5.51. The lowest BCUT2D eigenvalue weighted by molar-refractivity contribution is 0.101. The van der Waals surface area contributed by atoms with Gasteiger partial charge in [0.2, 0.25) is 5.89 Å². The van der Waals surface area contributed by atoms with Gasteiger partial charge < -0.3 is 4.42 Å². The summed E-state index contributed by atoms with van der Waals surface area (Å²) in [6.45, 7) is 4.26. The maximum atomic E-state index is 12.0. The van der Waals surface area contributed by atoms with Crippen LogP contribution in [0.2, 0.25) is 0 Å². The highest BCUT2D eigenvalue weighted by Crippen LogP contribution is 2.28. The third-order valence-corrected chi connectivity index (χ3v) is 3.89. The van der Waals surface area contributed by atoms with Gasteiger partial charge in [-0.1, -0.05) is 25.0 Å². The lowest BCUT2D eigenvalue weighted by atomic mass is 10.2. The zero-order valence-corrected chi connectivity index (χ0v) is 13.9. The summed E-state index contributed by atoms with van der Waals surface area (Å²) in [5.41, 5.74) is 0.973. The number of carbonyl (C=O) groups is 1. The van der Waals surface area contributed by atoms with Crippen molar-refractivity contribution in [3.8, 4) is 11.5 Å². The predicted molar refractivity (Wildman–Crippen MR) is 90.7 cm³/mol. The smallest absolute Gasteiger partial charge is 0.322 e. The minimum Gasteiger partial charge on any atom is -0.403 e. The largest absolute Gasteiger partial charge is 0.403 e. The number of amides is 1. The molecule has 1 aromatic carbocycles. The maximum absolute atomic E-state index is 12.0. The molecular formula is C16H15N5O2S. The first-order valence-electron chi connectivity index (χ1n) is 7.30. The van der Waals surface area contributed by atoms with Crippen LogP contribution in [0.15, 0.2) is 52.2 Å². The zero-order chi connectivity index (χ0) is 16.9. The van der Waals surface area contributed by atoms with Crippen LogP contribution >= 0.6 is 11.8 Å². The first kappa shape index (κ1) is 16.1. The van der Waals surface area contributed by atoms with Crippen LogP contribution in [0.4, 0.5) is 6.01 Å². The molecule has 2 heterocycles. The maximum Gasteiger partial charge on any atom is 0.322 e. The van der Waals surface area contributed by atoms with E-state index in [1.807, 2.05) is 24.3 Å². The van der Waals surface area contributed by atoms with E-state index in [0.717, 1.165) is 10.5 Å². The standard InChI is InChI=1S/C16H15N5O2S/c1-10(2)24-12-5-3-4-11(8-12)15-20-21-16(23-15)19-14(22)13-9-17-6-7-18-13/h3-10H,1-2H3,(H,19,21,22). The predicted octanol–water partition coefficient (Wildman–Crippen LogP) is 3.28. The fourth-order valence-electron chi connectivity index (χ4n) is 1.94. The minimum atomic E-state index is -0.456. The van der Waals surface area contributed by atoms with E-state index in [0.29, 0.717) is 11.1 Å². The second kappa shape index (κ2) is 7.22. The first-order chi connectivity index (χ1) is 11.6. The third kappa shape index (κ3) is 3.96. The first-order valence-corrected chi connectivity index (χ1v) is 8.18. The van der Waals surface area contributed by atoms with Crippen molar-refractivity contribution in [2.75, 3.05) is 5.32 Å². The van der Waals surface area contributed by atoms with Gasteiger partial charge in [-0.25, -0.2) is 4.98 Å². The number of benzene rings is 1. The monoisotopic (exact) mass is 341 g/mol. The number of nitrogens with zero attached hydrogens (tertiary/aromatic N) is 4. The lowest BCUT2D eigenvalue weighted by Gasteiger charge is -2.05. The molecule has 0 fully saturated rings. The zero-order valence-electron chi connectivity index (χ0n) is 13.1. The molecule has 0 saturated heterocycles. The van der Waals surface area contributed by atoms with E-state index in [4.69, 9.17) is 4.42 Å². The average molecular weight is 341 g/mol. The highest BCUT2D eigenvalue weighted by Gasteiger charge is 2.14. The van der Waals surface area contributed by atoms with Crippen LogP contribution in [-0.2, 0) is 0 Å². The molecule has 0 bridgehead atoms. The number of thioether (sulfide) groups is 1. The molecule has 0 spiro atoms. The van der Waals surface area contributed by atoms with Gasteiger partial charge in [-0.05, 0) is 18.2 Å². The Morgan fingerprint density at radius 2 is 2.12 bits per heavy atom. The van der Waals surface area contributed by atoms with Crippen LogP contribution in [-0.4, -0.2) is 31.3 Å². The number of rotatable bonds is 5. The van der Waals surface area contributed by atoms with Gasteiger partial charge in [-0.3, -0.25) is 15.1 Å². The van der Waals surface area contributed by atoms with E-state index in [1.165, 1.54) is 18.6 Å². The van der Waals surface area contributed by atoms with E-state index in [9.17, 15) is 4.79 Å². The van der Waals surface area contributed by atoms with Crippen LogP contribution in [0.1, 0.15) is 24.3 Å². The normalized spacial score (nSPS) is 10.8. The molecule has 24 heavy (non-hydrogen) atoms. The number of anilines is 1. The Bertz CT molecular complexity index is 835. The molecule has 7 nitrogen and oxygen atoms in total. The SMILES string of the molecule is CC(C)Sc1cccc(-c2nnc(NC(=O)c3cnccn3)o2)c1. The van der Waals surface area contributed by atoms with Crippen LogP contribution in [0.5, 0.6) is 0 Å². The van der Waals surface area contributed by atoms with Gasteiger partial charge in [0.05, 0.1) is 6.20 Å². The fourth-order valence-corrected chi connectivity index (χ4v) is 2.84. The summed E-state index contributed by atoms with van der Waals surface area (Å²) in [5.74, 6) is -0.113. The third-order valence-electron chi connectivity index (χ3n) is 2.89. The fraction of sp³-hybridized carbons (Fsp3) is 0.188. The number of aromatic nitrogens is 4. The Balaban J connectivity index is 1.75. The Labute approximate surface area is 142 Å². The van der Waals surface area contributed by atoms with E-state index < -0.39 is 5.91 Å². The van der Waals surface area contributed by atoms with Crippen LogP contribution < -0.4 is 5.32 Å². The van der Waals surface area contributed by atoms with Crippen LogP contribution in [0.25, 0.3) is 11.5 Å². The Morgan fingerprint density at radius 3 is 2.88 bits per heavy atom. The van der Waals surface area contributed by atoms with Gasteiger partial charge in [0.15, 0.2) is 0 Å². The summed E-state index contributed by atoms with van der Waals surface area (Å²) >= 11 is 1.75. The number of nitrogens with one attached hydrogen (secondary N) is 1. The Morgan fingerprint density at radius 1 is 1.25 bits per heavy atom. The molecule has 122 valence electrons. The highest BCUT2D eigenvalue weighted by molar-refractivity contribution is 7.99. The summed E-state index contributed by atoms with van der Waals surface area (Å²) in [4.78, 5) is 20.9. The average Bonchev–Trinajstić information content (AvgIpc) is 3.04. The van der Waals surface area contributed by atoms with E-state index in [-0.39, 0.29) is 11.7 Å². The quantitative estimate of drug-likeness (QED) is 0.712. The molecule has 8 heteroatoms. The topological polar surface area (TPSA) is 93.8 Å². The van der Waals surface area contributed by atoms with Gasteiger partial charge in [0.1, 0.15) is 5.69 Å². The molecule has 0 atom stereocenters. The van der Waals surface area contributed by atoms with E-state index in [1.54, 1.807) is 11.8 Å². The Hall–Kier alpha value is -2.74. The second-order valence-corrected chi connectivity index (χ2v) is 6.80. The van der Waals surface area contributed by atoms with Crippen molar-refractivity contribution < 1.29 is 9.21 Å². The summed E-state index contributed by atoms with van der Waals surface area (Å²) in [6.07, 6.45) is 4.29. The highest BCUT2D eigenvalue weighted by atomic mass is 32.2. The number of carbonyl (C=O) groups excluding carboxylic acids is 1. The van der Waals surface area contributed by atoms with Gasteiger partial charge in [-0.2, -0.15) is 0 Å². The van der Waals surface area contributed by atoms with Gasteiger partial charge in [0, 0.05) is 28.1 Å². The molecule has 3 aromatic rings. The molecule has 3 rings (SSSR count). The van der Waals surface area contributed by atoms with Crippen molar-refractivity contribution >= 4 is 23.7 Å². The van der Waals surface area contributed by atoms with Crippen molar-refractivity contribution in [3.63, 3.8) is 0 Å². The van der Waals surface area contributed by atoms with Crippen molar-refractivity contribution in [1.29, 1.82) is 0 Å².